The zero-order chi connectivity index (χ0) is 18.2. The van der Waals surface area contributed by atoms with Gasteiger partial charge in [-0.1, -0.05) is 12.1 Å². The third-order valence-electron chi connectivity index (χ3n) is 3.73. The van der Waals surface area contributed by atoms with Gasteiger partial charge in [-0.05, 0) is 26.3 Å². The van der Waals surface area contributed by atoms with Gasteiger partial charge in [0, 0.05) is 12.6 Å². The monoisotopic (exact) mass is 346 g/mol. The normalized spacial score (nSPS) is 16.4. The first kappa shape index (κ1) is 16.8. The first-order chi connectivity index (χ1) is 11.8. The summed E-state index contributed by atoms with van der Waals surface area (Å²) < 4.78 is 6.47. The van der Waals surface area contributed by atoms with Gasteiger partial charge in [0.1, 0.15) is 11.2 Å². The number of aryl methyl sites for hydroxylation is 1. The number of hydrogen-bond donors (Lipinski definition) is 1. The maximum atomic E-state index is 12.2. The molecule has 0 atom stereocenters. The fourth-order valence-corrected chi connectivity index (χ4v) is 2.46. The molecule has 2 aromatic rings. The molecule has 1 fully saturated rings. The van der Waals surface area contributed by atoms with Crippen molar-refractivity contribution in [3.05, 3.63) is 28.3 Å². The molecule has 3 amide bonds. The van der Waals surface area contributed by atoms with Gasteiger partial charge in [-0.3, -0.25) is 14.5 Å². The van der Waals surface area contributed by atoms with Gasteiger partial charge in [0.2, 0.25) is 0 Å². The highest BCUT2D eigenvalue weighted by atomic mass is 16.5. The summed E-state index contributed by atoms with van der Waals surface area (Å²) in [4.78, 5) is 41.0. The highest BCUT2D eigenvalue weighted by Gasteiger charge is 2.44. The summed E-state index contributed by atoms with van der Waals surface area (Å²) in [5.41, 5.74) is -0.822. The van der Waals surface area contributed by atoms with Crippen molar-refractivity contribution in [2.75, 3.05) is 0 Å². The van der Waals surface area contributed by atoms with Gasteiger partial charge in [0.05, 0.1) is 6.54 Å². The van der Waals surface area contributed by atoms with Crippen LogP contribution in [0.1, 0.15) is 33.0 Å². The second-order valence-electron chi connectivity index (χ2n) is 6.24. The number of nitrogens with one attached hydrogen (secondary N) is 1. The number of nitrogens with zero attached hydrogens (tertiary/aromatic N) is 5. The van der Waals surface area contributed by atoms with E-state index in [0.717, 1.165) is 11.3 Å². The van der Waals surface area contributed by atoms with Crippen LogP contribution in [-0.2, 0) is 17.9 Å². The Morgan fingerprint density at radius 2 is 2.00 bits per heavy atom. The molecule has 3 heterocycles. The van der Waals surface area contributed by atoms with Crippen molar-refractivity contribution in [3.8, 4) is 11.6 Å². The highest BCUT2D eigenvalue weighted by Crippen LogP contribution is 2.19. The van der Waals surface area contributed by atoms with Crippen LogP contribution in [0.3, 0.4) is 0 Å². The Bertz CT molecular complexity index is 884. The summed E-state index contributed by atoms with van der Waals surface area (Å²) in [5.74, 6) is -0.0733. The molecule has 0 radical (unpaired) electrons. The third kappa shape index (κ3) is 3.14. The number of hydrogen-bond acceptors (Lipinski definition) is 7. The molecule has 0 bridgehead atoms. The van der Waals surface area contributed by atoms with Crippen LogP contribution in [-0.4, -0.2) is 42.3 Å². The minimum absolute atomic E-state index is 0.105. The molecule has 2 aromatic heterocycles. The Labute approximate surface area is 142 Å². The number of imide groups is 1. The number of aromatic nitrogens is 4. The summed E-state index contributed by atoms with van der Waals surface area (Å²) in [6.07, 6.45) is 0.757. The van der Waals surface area contributed by atoms with E-state index in [1.807, 2.05) is 6.92 Å². The van der Waals surface area contributed by atoms with Crippen molar-refractivity contribution in [3.63, 3.8) is 0 Å². The van der Waals surface area contributed by atoms with Crippen LogP contribution in [0.2, 0.25) is 0 Å². The molecule has 0 saturated carbocycles. The molecule has 132 valence electrons. The van der Waals surface area contributed by atoms with Crippen LogP contribution < -0.4 is 10.9 Å². The lowest BCUT2D eigenvalue weighted by Crippen LogP contribution is -2.40. The molecule has 0 aromatic carbocycles. The topological polar surface area (TPSA) is 123 Å². The van der Waals surface area contributed by atoms with Crippen LogP contribution >= 0.6 is 0 Å². The predicted octanol–water partition coefficient (Wildman–Crippen LogP) is 0.534. The maximum Gasteiger partial charge on any atom is 0.325 e. The van der Waals surface area contributed by atoms with Crippen molar-refractivity contribution in [1.29, 1.82) is 0 Å². The minimum Gasteiger partial charge on any atom is -0.332 e. The molecular formula is C15H18N6O4. The van der Waals surface area contributed by atoms with Crippen molar-refractivity contribution >= 4 is 11.9 Å². The molecule has 1 saturated heterocycles. The van der Waals surface area contributed by atoms with E-state index in [9.17, 15) is 14.4 Å². The Morgan fingerprint density at radius 3 is 2.64 bits per heavy atom. The van der Waals surface area contributed by atoms with Gasteiger partial charge < -0.3 is 9.84 Å². The fourth-order valence-electron chi connectivity index (χ4n) is 2.46. The van der Waals surface area contributed by atoms with Crippen molar-refractivity contribution < 1.29 is 14.1 Å². The van der Waals surface area contributed by atoms with Gasteiger partial charge in [0.15, 0.2) is 5.82 Å². The number of amides is 3. The summed E-state index contributed by atoms with van der Waals surface area (Å²) in [5, 5.41) is 10.5. The van der Waals surface area contributed by atoms with Gasteiger partial charge in [-0.15, -0.1) is 0 Å². The van der Waals surface area contributed by atoms with E-state index < -0.39 is 11.6 Å². The van der Waals surface area contributed by atoms with E-state index in [1.54, 1.807) is 13.8 Å². The van der Waals surface area contributed by atoms with E-state index >= 15 is 0 Å². The standard InChI is InChI=1S/C15H18N6O4/c1-4-7-21-11(22)6-5-9(18-21)12-16-10(19-25-12)8-20-13(23)15(2,3)17-14(20)24/h5-6H,4,7-8H2,1-3H3,(H,17,24). The maximum absolute atomic E-state index is 12.2. The molecule has 1 aliphatic rings. The number of carbonyl (C=O) groups is 2. The van der Waals surface area contributed by atoms with Crippen molar-refractivity contribution in [2.45, 2.75) is 45.8 Å². The second-order valence-corrected chi connectivity index (χ2v) is 6.24. The lowest BCUT2D eigenvalue weighted by Gasteiger charge is -2.14. The van der Waals surface area contributed by atoms with Gasteiger partial charge in [0.25, 0.3) is 17.4 Å². The van der Waals surface area contributed by atoms with Crippen LogP contribution in [0, 0.1) is 0 Å². The minimum atomic E-state index is -0.957. The van der Waals surface area contributed by atoms with Crippen LogP contribution in [0.4, 0.5) is 4.79 Å². The highest BCUT2D eigenvalue weighted by molar-refractivity contribution is 6.06. The fraction of sp³-hybridized carbons (Fsp3) is 0.467. The average Bonchev–Trinajstić information content (AvgIpc) is 3.09. The Morgan fingerprint density at radius 1 is 1.24 bits per heavy atom. The van der Waals surface area contributed by atoms with E-state index in [0.29, 0.717) is 12.2 Å². The van der Waals surface area contributed by atoms with Crippen molar-refractivity contribution in [1.82, 2.24) is 30.1 Å². The first-order valence-corrected chi connectivity index (χ1v) is 7.87. The van der Waals surface area contributed by atoms with Crippen LogP contribution in [0.5, 0.6) is 0 Å². The number of urea groups is 1. The largest absolute Gasteiger partial charge is 0.332 e. The average molecular weight is 346 g/mol. The first-order valence-electron chi connectivity index (χ1n) is 7.87. The van der Waals surface area contributed by atoms with Crippen LogP contribution in [0.15, 0.2) is 21.5 Å². The Balaban J connectivity index is 1.82. The molecule has 3 rings (SSSR count). The summed E-state index contributed by atoms with van der Waals surface area (Å²) in [6.45, 7) is 5.55. The molecule has 0 spiro atoms. The summed E-state index contributed by atoms with van der Waals surface area (Å²) >= 11 is 0. The summed E-state index contributed by atoms with van der Waals surface area (Å²) in [6, 6.07) is 2.36. The lowest BCUT2D eigenvalue weighted by atomic mass is 10.1. The smallest absolute Gasteiger partial charge is 0.325 e. The lowest BCUT2D eigenvalue weighted by molar-refractivity contribution is -0.130. The SMILES string of the molecule is CCCn1nc(-c2nc(CN3C(=O)NC(C)(C)C3=O)no2)ccc1=O. The molecule has 25 heavy (non-hydrogen) atoms. The number of carbonyl (C=O) groups excluding carboxylic acids is 2. The molecular weight excluding hydrogens is 328 g/mol. The zero-order valence-corrected chi connectivity index (χ0v) is 14.1. The van der Waals surface area contributed by atoms with E-state index in [-0.39, 0.29) is 29.7 Å². The van der Waals surface area contributed by atoms with Crippen LogP contribution in [0.25, 0.3) is 11.6 Å². The van der Waals surface area contributed by atoms with Gasteiger partial charge >= 0.3 is 6.03 Å². The molecule has 0 aliphatic carbocycles. The Hall–Kier alpha value is -3.04. The van der Waals surface area contributed by atoms with E-state index in [4.69, 9.17) is 4.52 Å². The van der Waals surface area contributed by atoms with E-state index in [1.165, 1.54) is 16.8 Å². The molecule has 1 N–H and O–H groups in total. The molecule has 10 nitrogen and oxygen atoms in total. The molecule has 0 unspecified atom stereocenters. The van der Waals surface area contributed by atoms with Gasteiger partial charge in [-0.25, -0.2) is 9.48 Å². The van der Waals surface area contributed by atoms with Crippen molar-refractivity contribution in [2.24, 2.45) is 0 Å². The molecule has 1 aliphatic heterocycles. The van der Waals surface area contributed by atoms with E-state index in [2.05, 4.69) is 20.6 Å². The predicted molar refractivity (Wildman–Crippen MR) is 85.2 cm³/mol. The number of rotatable bonds is 5. The van der Waals surface area contributed by atoms with Gasteiger partial charge in [-0.2, -0.15) is 10.1 Å². The zero-order valence-electron chi connectivity index (χ0n) is 14.1. The molecule has 10 heteroatoms. The Kier molecular flexibility index (Phi) is 4.11. The summed E-state index contributed by atoms with van der Waals surface area (Å²) in [7, 11) is 0. The quantitative estimate of drug-likeness (QED) is 0.783. The second kappa shape index (κ2) is 6.11. The third-order valence-corrected chi connectivity index (χ3v) is 3.73.